The van der Waals surface area contributed by atoms with Gasteiger partial charge in [-0.2, -0.15) is 0 Å². The molecule has 0 aliphatic carbocycles. The van der Waals surface area contributed by atoms with Gasteiger partial charge in [-0.1, -0.05) is 32.0 Å². The third-order valence-corrected chi connectivity index (χ3v) is 4.46. The molecule has 2 N–H and O–H groups in total. The van der Waals surface area contributed by atoms with Gasteiger partial charge in [0.05, 0.1) is 11.4 Å². The van der Waals surface area contributed by atoms with Gasteiger partial charge >= 0.3 is 0 Å². The van der Waals surface area contributed by atoms with E-state index in [0.29, 0.717) is 12.1 Å². The quantitative estimate of drug-likeness (QED) is 0.653. The minimum absolute atomic E-state index is 0.179. The number of hydrogen-bond donors (Lipinski definition) is 2. The number of hydrogen-bond acceptors (Lipinski definition) is 3. The molecule has 0 atom stereocenters. The lowest BCUT2D eigenvalue weighted by Crippen LogP contribution is -2.20. The summed E-state index contributed by atoms with van der Waals surface area (Å²) in [7, 11) is -3.24. The Labute approximate surface area is 123 Å². The second-order valence-corrected chi connectivity index (χ2v) is 6.73. The summed E-state index contributed by atoms with van der Waals surface area (Å²) in [5.74, 6) is 0.179. The van der Waals surface area contributed by atoms with Crippen LogP contribution in [0.15, 0.2) is 24.3 Å². The van der Waals surface area contributed by atoms with Crippen molar-refractivity contribution in [1.82, 2.24) is 5.32 Å². The van der Waals surface area contributed by atoms with Crippen LogP contribution in [0.5, 0.6) is 0 Å². The van der Waals surface area contributed by atoms with E-state index in [1.54, 1.807) is 0 Å². The average Bonchev–Trinajstić information content (AvgIpc) is 2.43. The van der Waals surface area contributed by atoms with Gasteiger partial charge in [-0.15, -0.1) is 0 Å². The lowest BCUT2D eigenvalue weighted by Gasteiger charge is -2.11. The number of benzene rings is 1. The van der Waals surface area contributed by atoms with Gasteiger partial charge < -0.3 is 5.32 Å². The monoisotopic (exact) mass is 298 g/mol. The first-order valence-corrected chi connectivity index (χ1v) is 9.03. The lowest BCUT2D eigenvalue weighted by atomic mass is 10.1. The molecule has 0 heterocycles. The zero-order valence-corrected chi connectivity index (χ0v) is 13.3. The standard InChI is InChI=1S/C15H26N2O2S/c1-3-11-16-12-7-8-13-20(18,19)17-15-10-6-5-9-14(15)4-2/h5-6,9-10,16-17H,3-4,7-8,11-13H2,1-2H3. The molecule has 1 aromatic carbocycles. The highest BCUT2D eigenvalue weighted by Crippen LogP contribution is 2.17. The molecule has 0 saturated heterocycles. The Balaban J connectivity index is 2.41. The Hall–Kier alpha value is -1.07. The molecule has 0 spiro atoms. The van der Waals surface area contributed by atoms with Gasteiger partial charge in [-0.3, -0.25) is 4.72 Å². The zero-order valence-electron chi connectivity index (χ0n) is 12.5. The molecule has 0 amide bonds. The van der Waals surface area contributed by atoms with Gasteiger partial charge in [-0.25, -0.2) is 8.42 Å². The second kappa shape index (κ2) is 8.97. The van der Waals surface area contributed by atoms with Crippen LogP contribution in [-0.4, -0.2) is 27.3 Å². The molecule has 4 nitrogen and oxygen atoms in total. The molecule has 20 heavy (non-hydrogen) atoms. The van der Waals surface area contributed by atoms with Crippen LogP contribution in [0.25, 0.3) is 0 Å². The van der Waals surface area contributed by atoms with Crippen LogP contribution in [0.3, 0.4) is 0 Å². The predicted octanol–water partition coefficient (Wildman–Crippen LogP) is 2.77. The van der Waals surface area contributed by atoms with Crippen LogP contribution in [0.4, 0.5) is 5.69 Å². The summed E-state index contributed by atoms with van der Waals surface area (Å²) in [6, 6.07) is 7.55. The fourth-order valence-corrected chi connectivity index (χ4v) is 3.21. The molecule has 0 fully saturated rings. The van der Waals surface area contributed by atoms with E-state index in [-0.39, 0.29) is 5.75 Å². The van der Waals surface area contributed by atoms with Gasteiger partial charge in [-0.05, 0) is 50.4 Å². The fourth-order valence-electron chi connectivity index (χ4n) is 1.99. The highest BCUT2D eigenvalue weighted by Gasteiger charge is 2.11. The van der Waals surface area contributed by atoms with Crippen molar-refractivity contribution in [3.8, 4) is 0 Å². The van der Waals surface area contributed by atoms with E-state index in [4.69, 9.17) is 0 Å². The number of unbranched alkanes of at least 4 members (excludes halogenated alkanes) is 1. The smallest absolute Gasteiger partial charge is 0.232 e. The molecule has 1 aromatic rings. The van der Waals surface area contributed by atoms with Crippen molar-refractivity contribution in [3.63, 3.8) is 0 Å². The maximum Gasteiger partial charge on any atom is 0.232 e. The molecule has 0 unspecified atom stereocenters. The first-order valence-electron chi connectivity index (χ1n) is 7.38. The number of sulfonamides is 1. The highest BCUT2D eigenvalue weighted by atomic mass is 32.2. The van der Waals surface area contributed by atoms with Crippen molar-refractivity contribution in [1.29, 1.82) is 0 Å². The molecule has 1 rings (SSSR count). The number of nitrogens with one attached hydrogen (secondary N) is 2. The van der Waals surface area contributed by atoms with E-state index in [9.17, 15) is 8.42 Å². The molecule has 0 aromatic heterocycles. The van der Waals surface area contributed by atoms with E-state index in [1.165, 1.54) is 0 Å². The minimum atomic E-state index is -3.24. The Morgan fingerprint density at radius 2 is 1.80 bits per heavy atom. The Kier molecular flexibility index (Phi) is 7.62. The maximum absolute atomic E-state index is 12.0. The Morgan fingerprint density at radius 1 is 1.05 bits per heavy atom. The molecule has 0 aliphatic rings. The van der Waals surface area contributed by atoms with Crippen molar-refractivity contribution in [2.75, 3.05) is 23.6 Å². The second-order valence-electron chi connectivity index (χ2n) is 4.89. The summed E-state index contributed by atoms with van der Waals surface area (Å²) in [6.07, 6.45) is 3.49. The summed E-state index contributed by atoms with van der Waals surface area (Å²) in [5.41, 5.74) is 1.74. The van der Waals surface area contributed by atoms with Gasteiger partial charge in [0, 0.05) is 0 Å². The van der Waals surface area contributed by atoms with E-state index in [2.05, 4.69) is 17.0 Å². The first-order chi connectivity index (χ1) is 9.59. The van der Waals surface area contributed by atoms with Crippen LogP contribution < -0.4 is 10.0 Å². The van der Waals surface area contributed by atoms with E-state index in [1.807, 2.05) is 31.2 Å². The van der Waals surface area contributed by atoms with Crippen molar-refractivity contribution in [3.05, 3.63) is 29.8 Å². The summed E-state index contributed by atoms with van der Waals surface area (Å²) in [4.78, 5) is 0. The van der Waals surface area contributed by atoms with Crippen LogP contribution in [0.2, 0.25) is 0 Å². The number of rotatable bonds is 10. The Bertz CT molecular complexity index is 486. The largest absolute Gasteiger partial charge is 0.317 e. The average molecular weight is 298 g/mol. The first kappa shape index (κ1) is 17.0. The highest BCUT2D eigenvalue weighted by molar-refractivity contribution is 7.92. The normalized spacial score (nSPS) is 11.5. The van der Waals surface area contributed by atoms with Crippen molar-refractivity contribution in [2.24, 2.45) is 0 Å². The molecular weight excluding hydrogens is 272 g/mol. The van der Waals surface area contributed by atoms with Crippen molar-refractivity contribution >= 4 is 15.7 Å². The van der Waals surface area contributed by atoms with Gasteiger partial charge in [0.2, 0.25) is 10.0 Å². The third kappa shape index (κ3) is 6.39. The van der Waals surface area contributed by atoms with Crippen LogP contribution >= 0.6 is 0 Å². The van der Waals surface area contributed by atoms with Gasteiger partial charge in [0.25, 0.3) is 0 Å². The van der Waals surface area contributed by atoms with Crippen LogP contribution in [0.1, 0.15) is 38.7 Å². The number of para-hydroxylation sites is 1. The zero-order chi connectivity index (χ0) is 14.8. The van der Waals surface area contributed by atoms with Gasteiger partial charge in [0.15, 0.2) is 0 Å². The van der Waals surface area contributed by atoms with Crippen molar-refractivity contribution in [2.45, 2.75) is 39.5 Å². The minimum Gasteiger partial charge on any atom is -0.317 e. The summed E-state index contributed by atoms with van der Waals surface area (Å²) >= 11 is 0. The molecular formula is C15H26N2O2S. The lowest BCUT2D eigenvalue weighted by molar-refractivity contribution is 0.590. The Morgan fingerprint density at radius 3 is 2.50 bits per heavy atom. The van der Waals surface area contributed by atoms with E-state index >= 15 is 0 Å². The molecule has 0 saturated carbocycles. The van der Waals surface area contributed by atoms with Crippen LogP contribution in [-0.2, 0) is 16.4 Å². The third-order valence-electron chi connectivity index (χ3n) is 3.11. The molecule has 0 bridgehead atoms. The summed E-state index contributed by atoms with van der Waals surface area (Å²) in [5, 5.41) is 3.27. The van der Waals surface area contributed by atoms with Crippen molar-refractivity contribution < 1.29 is 8.42 Å². The maximum atomic E-state index is 12.0. The fraction of sp³-hybridized carbons (Fsp3) is 0.600. The predicted molar refractivity (Wildman–Crippen MR) is 85.6 cm³/mol. The molecule has 5 heteroatoms. The number of anilines is 1. The van der Waals surface area contributed by atoms with Gasteiger partial charge in [0.1, 0.15) is 0 Å². The van der Waals surface area contributed by atoms with Crippen LogP contribution in [0, 0.1) is 0 Å². The topological polar surface area (TPSA) is 58.2 Å². The summed E-state index contributed by atoms with van der Waals surface area (Å²) in [6.45, 7) is 6.02. The molecule has 0 aliphatic heterocycles. The SMILES string of the molecule is CCCNCCCCS(=O)(=O)Nc1ccccc1CC. The van der Waals surface area contributed by atoms with E-state index < -0.39 is 10.0 Å². The number of aryl methyl sites for hydroxylation is 1. The molecule has 0 radical (unpaired) electrons. The van der Waals surface area contributed by atoms with E-state index in [0.717, 1.165) is 37.9 Å². The summed E-state index contributed by atoms with van der Waals surface area (Å²) < 4.78 is 26.7. The molecule has 114 valence electrons.